The fraction of sp³-hybridized carbons (Fsp3) is 0.120. The van der Waals surface area contributed by atoms with Crippen LogP contribution >= 0.6 is 0 Å². The maximum Gasteiger partial charge on any atom is 0.227 e. The van der Waals surface area contributed by atoms with E-state index in [0.717, 1.165) is 27.6 Å². The van der Waals surface area contributed by atoms with E-state index in [-0.39, 0.29) is 0 Å². The van der Waals surface area contributed by atoms with Crippen molar-refractivity contribution in [1.29, 1.82) is 0 Å². The Kier molecular flexibility index (Phi) is 3.76. The molecule has 0 N–H and O–H groups in total. The van der Waals surface area contributed by atoms with Crippen molar-refractivity contribution in [3.05, 3.63) is 84.2 Å². The molecule has 0 fully saturated rings. The van der Waals surface area contributed by atoms with Gasteiger partial charge in [0, 0.05) is 28.6 Å². The van der Waals surface area contributed by atoms with Crippen molar-refractivity contribution in [2.24, 2.45) is 7.05 Å². The van der Waals surface area contributed by atoms with Crippen LogP contribution in [0.1, 0.15) is 11.1 Å². The van der Waals surface area contributed by atoms with Crippen molar-refractivity contribution in [2.75, 3.05) is 0 Å². The summed E-state index contributed by atoms with van der Waals surface area (Å²) in [6.07, 6.45) is 3.98. The van der Waals surface area contributed by atoms with Gasteiger partial charge in [-0.15, -0.1) is 0 Å². The van der Waals surface area contributed by atoms with Crippen molar-refractivity contribution < 1.29 is 8.98 Å². The van der Waals surface area contributed by atoms with E-state index in [4.69, 9.17) is 4.42 Å². The predicted molar refractivity (Wildman–Crippen MR) is 113 cm³/mol. The van der Waals surface area contributed by atoms with Crippen LogP contribution in [-0.2, 0) is 7.05 Å². The summed E-state index contributed by atoms with van der Waals surface area (Å²) in [5.41, 5.74) is 8.74. The van der Waals surface area contributed by atoms with Crippen LogP contribution in [-0.4, -0.2) is 4.98 Å². The largest absolute Gasteiger partial charge is 0.437 e. The molecule has 0 unspecified atom stereocenters. The Morgan fingerprint density at radius 1 is 0.857 bits per heavy atom. The number of pyridine rings is 2. The third-order valence-electron chi connectivity index (χ3n) is 5.45. The van der Waals surface area contributed by atoms with Gasteiger partial charge in [0.25, 0.3) is 0 Å². The Labute approximate surface area is 163 Å². The minimum Gasteiger partial charge on any atom is -0.437 e. The lowest BCUT2D eigenvalue weighted by atomic mass is 9.97. The third kappa shape index (κ3) is 2.51. The van der Waals surface area contributed by atoms with Gasteiger partial charge in [-0.1, -0.05) is 42.5 Å². The van der Waals surface area contributed by atoms with Gasteiger partial charge in [-0.25, -0.2) is 9.55 Å². The fourth-order valence-electron chi connectivity index (χ4n) is 4.01. The Balaban J connectivity index is 1.79. The van der Waals surface area contributed by atoms with E-state index in [1.807, 2.05) is 12.1 Å². The average Bonchev–Trinajstić information content (AvgIpc) is 3.09. The molecule has 0 radical (unpaired) electrons. The maximum atomic E-state index is 6.20. The number of nitrogens with zero attached hydrogens (tertiary/aromatic N) is 2. The molecule has 3 nitrogen and oxygen atoms in total. The first-order valence-electron chi connectivity index (χ1n) is 9.46. The quantitative estimate of drug-likeness (QED) is 0.373. The molecule has 0 spiro atoms. The molecular formula is C25H21N2O+. The zero-order valence-corrected chi connectivity index (χ0v) is 16.2. The SMILES string of the molecule is Cc1cc(-c2c(C)ccc3c2oc2ncccc23)[n+](C)cc1-c1ccccc1. The van der Waals surface area contributed by atoms with E-state index in [2.05, 4.69) is 85.2 Å². The summed E-state index contributed by atoms with van der Waals surface area (Å²) in [4.78, 5) is 4.40. The van der Waals surface area contributed by atoms with Crippen LogP contribution in [0.25, 0.3) is 44.5 Å². The number of rotatable bonds is 2. The predicted octanol–water partition coefficient (Wildman–Crippen LogP) is 5.76. The number of furan rings is 1. The molecule has 0 aliphatic carbocycles. The highest BCUT2D eigenvalue weighted by atomic mass is 16.3. The monoisotopic (exact) mass is 365 g/mol. The minimum atomic E-state index is 0.685. The molecule has 3 aromatic heterocycles. The van der Waals surface area contributed by atoms with Gasteiger partial charge in [0.15, 0.2) is 11.8 Å². The van der Waals surface area contributed by atoms with Gasteiger partial charge in [-0.3, -0.25) is 0 Å². The molecule has 0 amide bonds. The van der Waals surface area contributed by atoms with Crippen LogP contribution in [0.2, 0.25) is 0 Å². The standard InChI is InChI=1S/C25H21N2O/c1-16-11-12-19-20-10-7-13-26-25(20)28-24(19)23(16)22-14-17(2)21(15-27(22)3)18-8-5-4-6-9-18/h4-15H,1-3H3/q+1. The summed E-state index contributed by atoms with van der Waals surface area (Å²) >= 11 is 0. The topological polar surface area (TPSA) is 29.9 Å². The zero-order chi connectivity index (χ0) is 19.3. The zero-order valence-electron chi connectivity index (χ0n) is 16.2. The number of hydrogen-bond acceptors (Lipinski definition) is 2. The van der Waals surface area contributed by atoms with Crippen molar-refractivity contribution in [1.82, 2.24) is 4.98 Å². The molecule has 136 valence electrons. The minimum absolute atomic E-state index is 0.685. The van der Waals surface area contributed by atoms with Gasteiger partial charge in [0.2, 0.25) is 11.4 Å². The Morgan fingerprint density at radius 2 is 1.68 bits per heavy atom. The van der Waals surface area contributed by atoms with E-state index >= 15 is 0 Å². The van der Waals surface area contributed by atoms with E-state index in [1.54, 1.807) is 6.20 Å². The fourth-order valence-corrected chi connectivity index (χ4v) is 4.01. The molecule has 0 atom stereocenters. The Hall–Kier alpha value is -3.46. The molecule has 0 saturated heterocycles. The molecule has 28 heavy (non-hydrogen) atoms. The Morgan fingerprint density at radius 3 is 2.50 bits per heavy atom. The molecule has 5 rings (SSSR count). The van der Waals surface area contributed by atoms with Crippen LogP contribution in [0.4, 0.5) is 0 Å². The van der Waals surface area contributed by atoms with E-state index in [0.29, 0.717) is 5.71 Å². The lowest BCUT2D eigenvalue weighted by Crippen LogP contribution is -2.31. The summed E-state index contributed by atoms with van der Waals surface area (Å²) in [7, 11) is 2.10. The van der Waals surface area contributed by atoms with Gasteiger partial charge in [-0.2, -0.15) is 0 Å². The summed E-state index contributed by atoms with van der Waals surface area (Å²) in [6.45, 7) is 4.30. The van der Waals surface area contributed by atoms with E-state index < -0.39 is 0 Å². The first-order valence-corrected chi connectivity index (χ1v) is 9.46. The normalized spacial score (nSPS) is 11.4. The van der Waals surface area contributed by atoms with Crippen LogP contribution in [0, 0.1) is 13.8 Å². The van der Waals surface area contributed by atoms with Gasteiger partial charge in [-0.05, 0) is 42.7 Å². The summed E-state index contributed by atoms with van der Waals surface area (Å²) in [5.74, 6) is 0. The second kappa shape index (κ2) is 6.31. The molecule has 3 heteroatoms. The number of fused-ring (bicyclic) bond motifs is 3. The highest BCUT2D eigenvalue weighted by molar-refractivity contribution is 6.08. The van der Waals surface area contributed by atoms with Crippen LogP contribution in [0.3, 0.4) is 0 Å². The maximum absolute atomic E-state index is 6.20. The highest BCUT2D eigenvalue weighted by Crippen LogP contribution is 2.37. The van der Waals surface area contributed by atoms with E-state index in [1.165, 1.54) is 22.3 Å². The lowest BCUT2D eigenvalue weighted by molar-refractivity contribution is -0.659. The van der Waals surface area contributed by atoms with Crippen molar-refractivity contribution in [2.45, 2.75) is 13.8 Å². The second-order valence-electron chi connectivity index (χ2n) is 7.32. The smallest absolute Gasteiger partial charge is 0.227 e. The van der Waals surface area contributed by atoms with E-state index in [9.17, 15) is 0 Å². The first kappa shape index (κ1) is 16.7. The number of benzene rings is 2. The van der Waals surface area contributed by atoms with Gasteiger partial charge >= 0.3 is 0 Å². The summed E-state index contributed by atoms with van der Waals surface area (Å²) < 4.78 is 8.40. The number of aromatic nitrogens is 2. The van der Waals surface area contributed by atoms with Crippen molar-refractivity contribution in [3.8, 4) is 22.4 Å². The number of hydrogen-bond donors (Lipinski definition) is 0. The molecule has 2 aromatic carbocycles. The molecule has 0 saturated carbocycles. The molecular weight excluding hydrogens is 344 g/mol. The highest BCUT2D eigenvalue weighted by Gasteiger charge is 2.22. The average molecular weight is 365 g/mol. The Bertz CT molecular complexity index is 1330. The molecule has 0 aliphatic rings. The van der Waals surface area contributed by atoms with Crippen LogP contribution in [0.5, 0.6) is 0 Å². The van der Waals surface area contributed by atoms with Gasteiger partial charge in [0.1, 0.15) is 7.05 Å². The summed E-state index contributed by atoms with van der Waals surface area (Å²) in [5, 5.41) is 2.16. The lowest BCUT2D eigenvalue weighted by Gasteiger charge is -2.10. The second-order valence-corrected chi connectivity index (χ2v) is 7.32. The van der Waals surface area contributed by atoms with Crippen molar-refractivity contribution >= 4 is 22.1 Å². The molecule has 5 aromatic rings. The van der Waals surface area contributed by atoms with Crippen LogP contribution in [0.15, 0.2) is 77.5 Å². The summed E-state index contributed by atoms with van der Waals surface area (Å²) in [6, 6.07) is 21.1. The molecule has 3 heterocycles. The van der Waals surface area contributed by atoms with Gasteiger partial charge in [0.05, 0.1) is 5.56 Å². The molecule has 0 aliphatic heterocycles. The van der Waals surface area contributed by atoms with Gasteiger partial charge < -0.3 is 4.42 Å². The third-order valence-corrected chi connectivity index (χ3v) is 5.45. The van der Waals surface area contributed by atoms with Crippen LogP contribution < -0.4 is 4.57 Å². The molecule has 0 bridgehead atoms. The number of aryl methyl sites for hydroxylation is 3. The first-order chi connectivity index (χ1) is 13.6. The van der Waals surface area contributed by atoms with Crippen molar-refractivity contribution in [3.63, 3.8) is 0 Å².